The Labute approximate surface area is 161 Å². The Morgan fingerprint density at radius 2 is 1.84 bits per heavy atom. The molecule has 0 aromatic heterocycles. The van der Waals surface area contributed by atoms with Crippen molar-refractivity contribution >= 4 is 44.9 Å². The summed E-state index contributed by atoms with van der Waals surface area (Å²) in [4.78, 5) is 12.4. The molecule has 0 saturated carbocycles. The van der Waals surface area contributed by atoms with Gasteiger partial charge in [-0.3, -0.25) is 10.1 Å². The molecule has 2 aromatic carbocycles. The number of aryl methyl sites for hydroxylation is 1. The number of benzene rings is 2. The maximum Gasteiger partial charge on any atom is 0.257 e. The Morgan fingerprint density at radius 1 is 1.16 bits per heavy atom. The molecule has 6 heteroatoms. The molecule has 25 heavy (non-hydrogen) atoms. The van der Waals surface area contributed by atoms with Crippen LogP contribution in [0.5, 0.6) is 5.75 Å². The van der Waals surface area contributed by atoms with Crippen molar-refractivity contribution in [3.05, 3.63) is 57.6 Å². The minimum absolute atomic E-state index is 0.0204. The molecule has 1 amide bonds. The summed E-state index contributed by atoms with van der Waals surface area (Å²) in [6.07, 6.45) is 0. The number of anilines is 1. The largest absolute Gasteiger partial charge is 0.506 e. The minimum atomic E-state index is -0.314. The monoisotopic (exact) mass is 420 g/mol. The number of thiocarbonyl (C=S) groups is 1. The Morgan fingerprint density at radius 3 is 2.44 bits per heavy atom. The Balaban J connectivity index is 2.10. The summed E-state index contributed by atoms with van der Waals surface area (Å²) >= 11 is 8.69. The number of hydrogen-bond acceptors (Lipinski definition) is 3. The number of aromatic hydroxyl groups is 1. The molecule has 0 fully saturated rings. The predicted octanol–water partition coefficient (Wildman–Crippen LogP) is 4.89. The van der Waals surface area contributed by atoms with Crippen LogP contribution in [0, 0.1) is 6.92 Å². The van der Waals surface area contributed by atoms with Gasteiger partial charge in [0.1, 0.15) is 5.75 Å². The van der Waals surface area contributed by atoms with E-state index < -0.39 is 0 Å². The third-order valence-corrected chi connectivity index (χ3v) is 4.53. The van der Waals surface area contributed by atoms with E-state index in [0.717, 1.165) is 15.6 Å². The normalized spacial score (nSPS) is 11.1. The van der Waals surface area contributed by atoms with Crippen LogP contribution in [-0.2, 0) is 5.41 Å². The highest BCUT2D eigenvalue weighted by Gasteiger charge is 2.18. The summed E-state index contributed by atoms with van der Waals surface area (Å²) in [5, 5.41) is 15.4. The van der Waals surface area contributed by atoms with Crippen LogP contribution in [-0.4, -0.2) is 16.1 Å². The number of phenols is 1. The molecular formula is C19H21BrN2O2S. The Bertz CT molecular complexity index is 829. The van der Waals surface area contributed by atoms with Gasteiger partial charge < -0.3 is 10.4 Å². The molecule has 4 nitrogen and oxygen atoms in total. The van der Waals surface area contributed by atoms with Gasteiger partial charge in [0, 0.05) is 10.0 Å². The number of rotatable bonds is 2. The highest BCUT2D eigenvalue weighted by Crippen LogP contribution is 2.30. The number of carbonyl (C=O) groups is 1. The lowest BCUT2D eigenvalue weighted by atomic mass is 9.86. The van der Waals surface area contributed by atoms with Crippen LogP contribution in [0.15, 0.2) is 40.9 Å². The quantitative estimate of drug-likeness (QED) is 0.478. The Kier molecular flexibility index (Phi) is 5.85. The van der Waals surface area contributed by atoms with Crippen molar-refractivity contribution in [1.29, 1.82) is 0 Å². The molecule has 0 spiro atoms. The second-order valence-corrected chi connectivity index (χ2v) is 8.14. The van der Waals surface area contributed by atoms with Crippen molar-refractivity contribution in [2.45, 2.75) is 33.1 Å². The number of amides is 1. The highest BCUT2D eigenvalue weighted by atomic mass is 79.9. The molecular weight excluding hydrogens is 400 g/mol. The highest BCUT2D eigenvalue weighted by molar-refractivity contribution is 9.10. The molecule has 2 rings (SSSR count). The number of phenolic OH excluding ortho intramolecular Hbond substituents is 1. The van der Waals surface area contributed by atoms with Gasteiger partial charge in [-0.25, -0.2) is 0 Å². The van der Waals surface area contributed by atoms with Gasteiger partial charge in [0.15, 0.2) is 5.11 Å². The van der Waals surface area contributed by atoms with Gasteiger partial charge in [-0.15, -0.1) is 0 Å². The van der Waals surface area contributed by atoms with Gasteiger partial charge in [-0.05, 0) is 59.9 Å². The van der Waals surface area contributed by atoms with Gasteiger partial charge in [0.05, 0.1) is 5.69 Å². The van der Waals surface area contributed by atoms with E-state index in [9.17, 15) is 9.90 Å². The van der Waals surface area contributed by atoms with E-state index in [4.69, 9.17) is 12.2 Å². The van der Waals surface area contributed by atoms with Gasteiger partial charge in [-0.2, -0.15) is 0 Å². The lowest BCUT2D eigenvalue weighted by molar-refractivity contribution is 0.0977. The summed E-state index contributed by atoms with van der Waals surface area (Å²) in [5.41, 5.74) is 3.02. The van der Waals surface area contributed by atoms with E-state index in [1.165, 1.54) is 0 Å². The minimum Gasteiger partial charge on any atom is -0.506 e. The van der Waals surface area contributed by atoms with Crippen molar-refractivity contribution in [2.75, 3.05) is 5.32 Å². The summed E-state index contributed by atoms with van der Waals surface area (Å²) in [6.45, 7) is 8.24. The number of carbonyl (C=O) groups excluding carboxylic acids is 1. The molecule has 0 aliphatic carbocycles. The Hall–Kier alpha value is -1.92. The van der Waals surface area contributed by atoms with Crippen molar-refractivity contribution in [3.8, 4) is 5.75 Å². The maximum atomic E-state index is 12.4. The third-order valence-electron chi connectivity index (χ3n) is 3.67. The fraction of sp³-hybridized carbons (Fsp3) is 0.263. The van der Waals surface area contributed by atoms with Crippen LogP contribution in [0.3, 0.4) is 0 Å². The van der Waals surface area contributed by atoms with Crippen LogP contribution in [0.1, 0.15) is 42.3 Å². The predicted molar refractivity (Wildman–Crippen MR) is 109 cm³/mol. The molecule has 0 atom stereocenters. The average Bonchev–Trinajstić information content (AvgIpc) is 2.49. The van der Waals surface area contributed by atoms with Crippen molar-refractivity contribution in [3.63, 3.8) is 0 Å². The smallest absolute Gasteiger partial charge is 0.257 e. The third kappa shape index (κ3) is 5.03. The number of nitrogens with one attached hydrogen (secondary N) is 2. The zero-order valence-electron chi connectivity index (χ0n) is 14.6. The van der Waals surface area contributed by atoms with Crippen LogP contribution >= 0.6 is 28.1 Å². The van der Waals surface area contributed by atoms with E-state index in [1.807, 2.05) is 13.0 Å². The molecule has 3 N–H and O–H groups in total. The molecule has 0 heterocycles. The fourth-order valence-electron chi connectivity index (χ4n) is 2.34. The van der Waals surface area contributed by atoms with E-state index in [2.05, 4.69) is 47.3 Å². The first-order chi connectivity index (χ1) is 11.6. The van der Waals surface area contributed by atoms with E-state index in [-0.39, 0.29) is 22.2 Å². The van der Waals surface area contributed by atoms with Gasteiger partial charge in [-0.1, -0.05) is 48.8 Å². The van der Waals surface area contributed by atoms with Gasteiger partial charge >= 0.3 is 0 Å². The van der Waals surface area contributed by atoms with Crippen molar-refractivity contribution in [2.24, 2.45) is 0 Å². The molecule has 132 valence electrons. The zero-order valence-corrected chi connectivity index (χ0v) is 17.0. The first kappa shape index (κ1) is 19.4. The summed E-state index contributed by atoms with van der Waals surface area (Å²) in [6, 6.07) is 10.6. The number of halogens is 1. The molecule has 0 unspecified atom stereocenters. The van der Waals surface area contributed by atoms with Crippen LogP contribution in [0.25, 0.3) is 0 Å². The average molecular weight is 421 g/mol. The lowest BCUT2D eigenvalue weighted by Crippen LogP contribution is -2.34. The number of hydrogen-bond donors (Lipinski definition) is 3. The van der Waals surface area contributed by atoms with Crippen LogP contribution < -0.4 is 10.6 Å². The maximum absolute atomic E-state index is 12.4. The summed E-state index contributed by atoms with van der Waals surface area (Å²) in [7, 11) is 0. The molecule has 0 saturated heterocycles. The van der Waals surface area contributed by atoms with Crippen molar-refractivity contribution < 1.29 is 9.90 Å². The lowest BCUT2D eigenvalue weighted by Gasteiger charge is -2.21. The SMILES string of the molecule is Cc1ccc(O)c(NC(=S)NC(=O)c2ccc(C(C)(C)C)c(Br)c2)c1. The zero-order chi connectivity index (χ0) is 18.8. The van der Waals surface area contributed by atoms with E-state index in [0.29, 0.717) is 11.3 Å². The molecule has 0 radical (unpaired) electrons. The van der Waals surface area contributed by atoms with Gasteiger partial charge in [0.2, 0.25) is 0 Å². The second kappa shape index (κ2) is 7.54. The molecule has 2 aromatic rings. The fourth-order valence-corrected chi connectivity index (χ4v) is 3.52. The first-order valence-corrected chi connectivity index (χ1v) is 9.00. The topological polar surface area (TPSA) is 61.4 Å². The molecule has 0 aliphatic rings. The van der Waals surface area contributed by atoms with Crippen LogP contribution in [0.2, 0.25) is 0 Å². The van der Waals surface area contributed by atoms with Crippen LogP contribution in [0.4, 0.5) is 5.69 Å². The standard InChI is InChI=1S/C19H21BrN2O2S/c1-11-5-8-16(23)15(9-11)21-18(25)22-17(24)12-6-7-13(14(20)10-12)19(2,3)4/h5-10,23H,1-4H3,(H2,21,22,24,25). The van der Waals surface area contributed by atoms with E-state index in [1.54, 1.807) is 30.3 Å². The molecule has 0 aliphatic heterocycles. The van der Waals surface area contributed by atoms with E-state index >= 15 is 0 Å². The summed E-state index contributed by atoms with van der Waals surface area (Å²) < 4.78 is 0.878. The second-order valence-electron chi connectivity index (χ2n) is 6.87. The summed E-state index contributed by atoms with van der Waals surface area (Å²) in [5.74, 6) is -0.245. The van der Waals surface area contributed by atoms with Crippen molar-refractivity contribution in [1.82, 2.24) is 5.32 Å². The first-order valence-electron chi connectivity index (χ1n) is 7.80. The van der Waals surface area contributed by atoms with Gasteiger partial charge in [0.25, 0.3) is 5.91 Å². The molecule has 0 bridgehead atoms.